The van der Waals surface area contributed by atoms with Crippen molar-refractivity contribution in [3.8, 4) is 0 Å². The topological polar surface area (TPSA) is 32.3 Å². The summed E-state index contributed by atoms with van der Waals surface area (Å²) in [4.78, 5) is 0. The van der Waals surface area contributed by atoms with Crippen LogP contribution in [-0.2, 0) is 0 Å². The van der Waals surface area contributed by atoms with Crippen LogP contribution in [0.5, 0.6) is 0 Å². The van der Waals surface area contributed by atoms with E-state index >= 15 is 0 Å². The Balaban J connectivity index is 1.68. The standard InChI is InChI=1S/C15H22BrNO/c1-2-15(18)6-7-17-14-9-12(10-14)11-4-3-5-13(16)8-11/h3-5,8,12,14-15,17-18H,2,6-7,9-10H2,1H3. The van der Waals surface area contributed by atoms with Gasteiger partial charge in [-0.05, 0) is 55.8 Å². The van der Waals surface area contributed by atoms with Crippen molar-refractivity contribution < 1.29 is 5.11 Å². The molecular formula is C15H22BrNO. The number of hydrogen-bond acceptors (Lipinski definition) is 2. The van der Waals surface area contributed by atoms with Crippen molar-refractivity contribution in [1.82, 2.24) is 5.32 Å². The molecule has 2 rings (SSSR count). The highest BCUT2D eigenvalue weighted by molar-refractivity contribution is 9.10. The molecule has 0 bridgehead atoms. The molecule has 1 unspecified atom stereocenters. The third-order valence-corrected chi connectivity index (χ3v) is 4.33. The third-order valence-electron chi connectivity index (χ3n) is 3.84. The lowest BCUT2D eigenvalue weighted by atomic mass is 9.76. The van der Waals surface area contributed by atoms with Gasteiger partial charge in [0.25, 0.3) is 0 Å². The molecule has 0 spiro atoms. The predicted octanol–water partition coefficient (Wildman–Crippen LogP) is 3.45. The van der Waals surface area contributed by atoms with Crippen LogP contribution in [0.1, 0.15) is 44.1 Å². The van der Waals surface area contributed by atoms with E-state index in [0.717, 1.165) is 19.4 Å². The summed E-state index contributed by atoms with van der Waals surface area (Å²) in [5.74, 6) is 0.705. The summed E-state index contributed by atoms with van der Waals surface area (Å²) in [6.07, 6.45) is 4.03. The minimum absolute atomic E-state index is 0.140. The highest BCUT2D eigenvalue weighted by Gasteiger charge is 2.29. The van der Waals surface area contributed by atoms with E-state index in [2.05, 4.69) is 45.5 Å². The maximum absolute atomic E-state index is 9.48. The lowest BCUT2D eigenvalue weighted by Gasteiger charge is -2.36. The molecular weight excluding hydrogens is 290 g/mol. The molecule has 0 aromatic heterocycles. The quantitative estimate of drug-likeness (QED) is 0.843. The van der Waals surface area contributed by atoms with Gasteiger partial charge in [0, 0.05) is 10.5 Å². The molecule has 2 nitrogen and oxygen atoms in total. The molecule has 1 aliphatic rings. The molecule has 1 aromatic carbocycles. The second-order valence-corrected chi connectivity index (χ2v) is 6.14. The zero-order chi connectivity index (χ0) is 13.0. The van der Waals surface area contributed by atoms with E-state index in [1.807, 2.05) is 6.92 Å². The first-order valence-corrected chi connectivity index (χ1v) is 7.65. The number of halogens is 1. The Morgan fingerprint density at radius 1 is 1.44 bits per heavy atom. The van der Waals surface area contributed by atoms with E-state index in [9.17, 15) is 5.11 Å². The van der Waals surface area contributed by atoms with Crippen LogP contribution in [0.25, 0.3) is 0 Å². The van der Waals surface area contributed by atoms with Gasteiger partial charge in [-0.15, -0.1) is 0 Å². The Kier molecular flexibility index (Phi) is 5.22. The first kappa shape index (κ1) is 14.0. The summed E-state index contributed by atoms with van der Waals surface area (Å²) in [5, 5.41) is 13.0. The molecule has 18 heavy (non-hydrogen) atoms. The zero-order valence-corrected chi connectivity index (χ0v) is 12.5. The number of nitrogens with one attached hydrogen (secondary N) is 1. The minimum Gasteiger partial charge on any atom is -0.393 e. The molecule has 100 valence electrons. The molecule has 1 aliphatic carbocycles. The van der Waals surface area contributed by atoms with Gasteiger partial charge in [0.2, 0.25) is 0 Å². The Morgan fingerprint density at radius 3 is 2.89 bits per heavy atom. The molecule has 1 atom stereocenters. The normalized spacial score (nSPS) is 24.6. The lowest BCUT2D eigenvalue weighted by Crippen LogP contribution is -2.41. The number of aliphatic hydroxyl groups is 1. The van der Waals surface area contributed by atoms with Crippen LogP contribution in [0.15, 0.2) is 28.7 Å². The predicted molar refractivity (Wildman–Crippen MR) is 78.8 cm³/mol. The van der Waals surface area contributed by atoms with E-state index in [1.54, 1.807) is 0 Å². The van der Waals surface area contributed by atoms with E-state index < -0.39 is 0 Å². The van der Waals surface area contributed by atoms with Crippen molar-refractivity contribution in [3.63, 3.8) is 0 Å². The van der Waals surface area contributed by atoms with Gasteiger partial charge in [-0.2, -0.15) is 0 Å². The van der Waals surface area contributed by atoms with Gasteiger partial charge in [-0.25, -0.2) is 0 Å². The second kappa shape index (κ2) is 6.69. The van der Waals surface area contributed by atoms with Crippen LogP contribution < -0.4 is 5.32 Å². The van der Waals surface area contributed by atoms with Gasteiger partial charge in [0.05, 0.1) is 6.10 Å². The first-order valence-electron chi connectivity index (χ1n) is 6.86. The zero-order valence-electron chi connectivity index (χ0n) is 10.9. The molecule has 1 fully saturated rings. The van der Waals surface area contributed by atoms with Crippen molar-refractivity contribution in [1.29, 1.82) is 0 Å². The van der Waals surface area contributed by atoms with Crippen molar-refractivity contribution in [3.05, 3.63) is 34.3 Å². The maximum atomic E-state index is 9.48. The van der Waals surface area contributed by atoms with Crippen LogP contribution in [0, 0.1) is 0 Å². The van der Waals surface area contributed by atoms with E-state index in [1.165, 1.54) is 22.9 Å². The fraction of sp³-hybridized carbons (Fsp3) is 0.600. The molecule has 0 aliphatic heterocycles. The number of hydrogen-bond donors (Lipinski definition) is 2. The molecule has 0 heterocycles. The summed E-state index contributed by atoms with van der Waals surface area (Å²) < 4.78 is 1.17. The molecule has 0 radical (unpaired) electrons. The Morgan fingerprint density at radius 2 is 2.22 bits per heavy atom. The monoisotopic (exact) mass is 311 g/mol. The SMILES string of the molecule is CCC(O)CCNC1CC(c2cccc(Br)c2)C1. The summed E-state index contributed by atoms with van der Waals surface area (Å²) in [6.45, 7) is 2.96. The third kappa shape index (κ3) is 3.81. The fourth-order valence-electron chi connectivity index (χ4n) is 2.48. The van der Waals surface area contributed by atoms with Gasteiger partial charge >= 0.3 is 0 Å². The number of aliphatic hydroxyl groups excluding tert-OH is 1. The molecule has 1 saturated carbocycles. The van der Waals surface area contributed by atoms with Crippen molar-refractivity contribution in [2.24, 2.45) is 0 Å². The Bertz CT molecular complexity index is 377. The minimum atomic E-state index is -0.140. The summed E-state index contributed by atoms with van der Waals surface area (Å²) in [7, 11) is 0. The van der Waals surface area contributed by atoms with Crippen molar-refractivity contribution in [2.45, 2.75) is 50.7 Å². The van der Waals surface area contributed by atoms with Gasteiger partial charge in [-0.1, -0.05) is 35.0 Å². The Labute approximate surface area is 118 Å². The fourth-order valence-corrected chi connectivity index (χ4v) is 2.89. The van der Waals surface area contributed by atoms with E-state index in [0.29, 0.717) is 12.0 Å². The van der Waals surface area contributed by atoms with Crippen LogP contribution in [0.2, 0.25) is 0 Å². The van der Waals surface area contributed by atoms with E-state index in [4.69, 9.17) is 0 Å². The van der Waals surface area contributed by atoms with Gasteiger partial charge in [0.15, 0.2) is 0 Å². The molecule has 0 amide bonds. The summed E-state index contributed by atoms with van der Waals surface area (Å²) >= 11 is 3.52. The Hall–Kier alpha value is -0.380. The number of benzene rings is 1. The van der Waals surface area contributed by atoms with Crippen LogP contribution in [0.4, 0.5) is 0 Å². The largest absolute Gasteiger partial charge is 0.393 e. The van der Waals surface area contributed by atoms with Crippen LogP contribution in [0.3, 0.4) is 0 Å². The van der Waals surface area contributed by atoms with Crippen molar-refractivity contribution in [2.75, 3.05) is 6.54 Å². The summed E-state index contributed by atoms with van der Waals surface area (Å²) in [6, 6.07) is 9.26. The van der Waals surface area contributed by atoms with Crippen LogP contribution in [-0.4, -0.2) is 23.8 Å². The smallest absolute Gasteiger partial charge is 0.0549 e. The van der Waals surface area contributed by atoms with Gasteiger partial charge in [-0.3, -0.25) is 0 Å². The summed E-state index contributed by atoms with van der Waals surface area (Å²) in [5.41, 5.74) is 1.44. The van der Waals surface area contributed by atoms with Gasteiger partial charge in [0.1, 0.15) is 0 Å². The molecule has 0 saturated heterocycles. The van der Waals surface area contributed by atoms with Crippen molar-refractivity contribution >= 4 is 15.9 Å². The van der Waals surface area contributed by atoms with E-state index in [-0.39, 0.29) is 6.10 Å². The molecule has 3 heteroatoms. The maximum Gasteiger partial charge on any atom is 0.0549 e. The average molecular weight is 312 g/mol. The number of rotatable bonds is 6. The average Bonchev–Trinajstić information content (AvgIpc) is 2.31. The highest BCUT2D eigenvalue weighted by atomic mass is 79.9. The first-order chi connectivity index (χ1) is 8.69. The highest BCUT2D eigenvalue weighted by Crippen LogP contribution is 2.37. The lowest BCUT2D eigenvalue weighted by molar-refractivity contribution is 0.155. The second-order valence-electron chi connectivity index (χ2n) is 5.23. The molecule has 1 aromatic rings. The van der Waals surface area contributed by atoms with Gasteiger partial charge < -0.3 is 10.4 Å². The molecule has 2 N–H and O–H groups in total. The van der Waals surface area contributed by atoms with Crippen LogP contribution >= 0.6 is 15.9 Å².